The van der Waals surface area contributed by atoms with Gasteiger partial charge in [0.1, 0.15) is 28.3 Å². The smallest absolute Gasteiger partial charge is 0.249 e. The highest BCUT2D eigenvalue weighted by atomic mass is 32.1. The van der Waals surface area contributed by atoms with Crippen LogP contribution in [0.1, 0.15) is 43.9 Å². The zero-order valence-electron chi connectivity index (χ0n) is 15.9. The molecule has 4 heterocycles. The first kappa shape index (κ1) is 17.8. The van der Waals surface area contributed by atoms with Crippen molar-refractivity contribution >= 4 is 34.5 Å². The maximum atomic E-state index is 12.8. The van der Waals surface area contributed by atoms with Crippen LogP contribution < -0.4 is 15.2 Å². The van der Waals surface area contributed by atoms with Crippen molar-refractivity contribution in [2.45, 2.75) is 45.2 Å². The maximum absolute atomic E-state index is 12.8. The van der Waals surface area contributed by atoms with E-state index in [2.05, 4.69) is 39.2 Å². The van der Waals surface area contributed by atoms with Crippen LogP contribution in [0, 0.1) is 0 Å². The first-order valence-corrected chi connectivity index (χ1v) is 10.0. The van der Waals surface area contributed by atoms with E-state index in [4.69, 9.17) is 4.98 Å². The second-order valence-electron chi connectivity index (χ2n) is 7.01. The Labute approximate surface area is 162 Å². The highest BCUT2D eigenvalue weighted by molar-refractivity contribution is 7.11. The Morgan fingerprint density at radius 2 is 2.19 bits per heavy atom. The quantitative estimate of drug-likeness (QED) is 0.866. The molecule has 0 bridgehead atoms. The average Bonchev–Trinajstić information content (AvgIpc) is 3.34. The third-order valence-electron chi connectivity index (χ3n) is 5.06. The van der Waals surface area contributed by atoms with E-state index in [0.29, 0.717) is 12.4 Å². The number of nitrogens with one attached hydrogen (secondary N) is 1. The Kier molecular flexibility index (Phi) is 4.55. The van der Waals surface area contributed by atoms with E-state index in [1.54, 1.807) is 35.7 Å². The molecule has 0 saturated carbocycles. The summed E-state index contributed by atoms with van der Waals surface area (Å²) in [5, 5.41) is 7.24. The molecule has 1 N–H and O–H groups in total. The van der Waals surface area contributed by atoms with Crippen LogP contribution in [-0.4, -0.2) is 52.2 Å². The molecule has 0 aromatic carbocycles. The van der Waals surface area contributed by atoms with Gasteiger partial charge in [0.25, 0.3) is 0 Å². The van der Waals surface area contributed by atoms with E-state index >= 15 is 0 Å². The fourth-order valence-corrected chi connectivity index (χ4v) is 4.40. The van der Waals surface area contributed by atoms with Crippen LogP contribution in [0.3, 0.4) is 0 Å². The number of likely N-dealkylation sites (N-methyl/N-ethyl adjacent to an activating group) is 1. The third kappa shape index (κ3) is 2.86. The number of hydrogen-bond acceptors (Lipinski definition) is 8. The summed E-state index contributed by atoms with van der Waals surface area (Å²) in [6, 6.07) is -0.0537. The normalized spacial score (nSPS) is 22.1. The topological polar surface area (TPSA) is 86.6 Å². The zero-order valence-corrected chi connectivity index (χ0v) is 16.7. The van der Waals surface area contributed by atoms with Gasteiger partial charge in [-0.3, -0.25) is 4.79 Å². The van der Waals surface area contributed by atoms with Gasteiger partial charge in [-0.15, -0.1) is 11.3 Å². The lowest BCUT2D eigenvalue weighted by molar-refractivity contribution is -0.120. The first-order valence-electron chi connectivity index (χ1n) is 9.16. The molecule has 2 aromatic rings. The molecule has 2 aliphatic heterocycles. The molecule has 9 heteroatoms. The summed E-state index contributed by atoms with van der Waals surface area (Å²) >= 11 is 1.56. The Hall–Kier alpha value is -2.55. The SMILES string of the molecule is CC[C@H]1C(=O)N(C)c2cnc(C3CNN=C3c3nccs3)nc2N1C(C)C. The minimum absolute atomic E-state index is 0.0570. The molecular formula is C18H23N7OS. The fraction of sp³-hybridized carbons (Fsp3) is 0.500. The van der Waals surface area contributed by atoms with Gasteiger partial charge in [0.15, 0.2) is 5.82 Å². The van der Waals surface area contributed by atoms with Crippen molar-refractivity contribution in [1.82, 2.24) is 20.4 Å². The van der Waals surface area contributed by atoms with Gasteiger partial charge in [0.2, 0.25) is 5.91 Å². The van der Waals surface area contributed by atoms with E-state index in [9.17, 15) is 4.79 Å². The van der Waals surface area contributed by atoms with Crippen LogP contribution in [0.15, 0.2) is 22.9 Å². The van der Waals surface area contributed by atoms with Crippen molar-refractivity contribution < 1.29 is 4.79 Å². The third-order valence-corrected chi connectivity index (χ3v) is 5.85. The number of hydrazone groups is 1. The lowest BCUT2D eigenvalue weighted by Crippen LogP contribution is -2.55. The van der Waals surface area contributed by atoms with Crippen molar-refractivity contribution in [2.75, 3.05) is 23.4 Å². The highest BCUT2D eigenvalue weighted by Gasteiger charge is 2.39. The molecule has 2 aliphatic rings. The van der Waals surface area contributed by atoms with Gasteiger partial charge in [-0.1, -0.05) is 6.92 Å². The molecule has 2 aromatic heterocycles. The van der Waals surface area contributed by atoms with Crippen LogP contribution in [0.2, 0.25) is 0 Å². The van der Waals surface area contributed by atoms with E-state index in [-0.39, 0.29) is 23.9 Å². The number of fused-ring (bicyclic) bond motifs is 1. The average molecular weight is 385 g/mol. The number of thiazole rings is 1. The first-order chi connectivity index (χ1) is 13.0. The van der Waals surface area contributed by atoms with Gasteiger partial charge in [0, 0.05) is 31.2 Å². The summed E-state index contributed by atoms with van der Waals surface area (Å²) in [5.41, 5.74) is 4.68. The number of hydrogen-bond donors (Lipinski definition) is 1. The van der Waals surface area contributed by atoms with Crippen molar-refractivity contribution in [2.24, 2.45) is 5.10 Å². The zero-order chi connectivity index (χ0) is 19.1. The van der Waals surface area contributed by atoms with Crippen LogP contribution in [0.4, 0.5) is 11.5 Å². The number of rotatable bonds is 4. The second kappa shape index (κ2) is 6.88. The summed E-state index contributed by atoms with van der Waals surface area (Å²) in [6.07, 6.45) is 4.27. The lowest BCUT2D eigenvalue weighted by atomic mass is 10.0. The largest absolute Gasteiger partial charge is 0.340 e. The summed E-state index contributed by atoms with van der Waals surface area (Å²) in [7, 11) is 1.80. The summed E-state index contributed by atoms with van der Waals surface area (Å²) in [5.74, 6) is 1.55. The molecule has 142 valence electrons. The monoisotopic (exact) mass is 385 g/mol. The number of nitrogens with zero attached hydrogens (tertiary/aromatic N) is 6. The standard InChI is InChI=1S/C18H23N7OS/c1-5-12-18(26)24(4)13-9-20-15(22-16(13)25(12)10(2)3)11-8-21-23-14(11)17-19-6-7-27-17/h6-7,9-12,21H,5,8H2,1-4H3/t11?,12-/m0/s1. The van der Waals surface area contributed by atoms with Gasteiger partial charge in [-0.05, 0) is 20.3 Å². The Morgan fingerprint density at radius 1 is 1.37 bits per heavy atom. The van der Waals surface area contributed by atoms with Crippen LogP contribution >= 0.6 is 11.3 Å². The molecule has 4 rings (SSSR count). The molecular weight excluding hydrogens is 362 g/mol. The summed E-state index contributed by atoms with van der Waals surface area (Å²) in [6.45, 7) is 6.85. The fourth-order valence-electron chi connectivity index (χ4n) is 3.72. The highest BCUT2D eigenvalue weighted by Crippen LogP contribution is 2.37. The van der Waals surface area contributed by atoms with Crippen LogP contribution in [0.25, 0.3) is 0 Å². The minimum atomic E-state index is -0.209. The lowest BCUT2D eigenvalue weighted by Gasteiger charge is -2.42. The number of carbonyl (C=O) groups is 1. The van der Waals surface area contributed by atoms with E-state index in [1.807, 2.05) is 12.3 Å². The van der Waals surface area contributed by atoms with Gasteiger partial charge >= 0.3 is 0 Å². The molecule has 0 saturated heterocycles. The molecule has 0 aliphatic carbocycles. The van der Waals surface area contributed by atoms with Crippen molar-refractivity contribution in [3.05, 3.63) is 28.6 Å². The van der Waals surface area contributed by atoms with Crippen molar-refractivity contribution in [3.8, 4) is 0 Å². The predicted octanol–water partition coefficient (Wildman–Crippen LogP) is 1.99. The molecule has 0 spiro atoms. The molecule has 0 fully saturated rings. The molecule has 0 radical (unpaired) electrons. The number of aromatic nitrogens is 3. The molecule has 1 unspecified atom stereocenters. The maximum Gasteiger partial charge on any atom is 0.249 e. The van der Waals surface area contributed by atoms with E-state index in [1.165, 1.54) is 0 Å². The summed E-state index contributed by atoms with van der Waals surface area (Å²) < 4.78 is 0. The van der Waals surface area contributed by atoms with Gasteiger partial charge in [-0.25, -0.2) is 15.0 Å². The molecule has 8 nitrogen and oxygen atoms in total. The molecule has 1 amide bonds. The Bertz CT molecular complexity index is 880. The predicted molar refractivity (Wildman–Crippen MR) is 107 cm³/mol. The Morgan fingerprint density at radius 3 is 2.85 bits per heavy atom. The van der Waals surface area contributed by atoms with Crippen molar-refractivity contribution in [1.29, 1.82) is 0 Å². The van der Waals surface area contributed by atoms with E-state index in [0.717, 1.165) is 28.6 Å². The Balaban J connectivity index is 1.78. The molecule has 2 atom stereocenters. The van der Waals surface area contributed by atoms with E-state index < -0.39 is 0 Å². The van der Waals surface area contributed by atoms with Crippen LogP contribution in [0.5, 0.6) is 0 Å². The number of carbonyl (C=O) groups excluding carboxylic acids is 1. The van der Waals surface area contributed by atoms with Gasteiger partial charge < -0.3 is 15.2 Å². The van der Waals surface area contributed by atoms with Gasteiger partial charge in [0.05, 0.1) is 12.1 Å². The van der Waals surface area contributed by atoms with Crippen LogP contribution in [-0.2, 0) is 4.79 Å². The molecule has 27 heavy (non-hydrogen) atoms. The second-order valence-corrected chi connectivity index (χ2v) is 7.90. The number of anilines is 2. The van der Waals surface area contributed by atoms with Gasteiger partial charge in [-0.2, -0.15) is 5.10 Å². The number of amides is 1. The van der Waals surface area contributed by atoms with Crippen molar-refractivity contribution in [3.63, 3.8) is 0 Å². The minimum Gasteiger partial charge on any atom is -0.340 e. The summed E-state index contributed by atoms with van der Waals surface area (Å²) in [4.78, 5) is 30.5.